The molecule has 0 saturated carbocycles. The first-order chi connectivity index (χ1) is 9.60. The third-order valence-electron chi connectivity index (χ3n) is 3.53. The van der Waals surface area contributed by atoms with Crippen molar-refractivity contribution in [3.05, 3.63) is 12.2 Å². The molecule has 0 amide bonds. The Morgan fingerprint density at radius 2 is 2.30 bits per heavy atom. The summed E-state index contributed by atoms with van der Waals surface area (Å²) in [6.45, 7) is 7.44. The number of carbonyl (C=O) groups is 1. The summed E-state index contributed by atoms with van der Waals surface area (Å²) in [7, 11) is 0. The largest absolute Gasteiger partial charge is 0.303 e. The summed E-state index contributed by atoms with van der Waals surface area (Å²) in [5.74, 6) is 2.12. The Morgan fingerprint density at radius 1 is 1.55 bits per heavy atom. The van der Waals surface area contributed by atoms with Gasteiger partial charge in [0.2, 0.25) is 0 Å². The smallest absolute Gasteiger partial charge is 0.163 e. The van der Waals surface area contributed by atoms with Crippen LogP contribution >= 0.6 is 24.4 Å². The fourth-order valence-corrected chi connectivity index (χ4v) is 2.83. The van der Waals surface area contributed by atoms with Gasteiger partial charge in [-0.1, -0.05) is 6.58 Å². The van der Waals surface area contributed by atoms with Crippen molar-refractivity contribution in [2.75, 3.05) is 30.9 Å². The number of thioether (sulfide) groups is 1. The van der Waals surface area contributed by atoms with Gasteiger partial charge < -0.3 is 5.32 Å². The van der Waals surface area contributed by atoms with E-state index in [-0.39, 0.29) is 24.0 Å². The number of nitrogens with one attached hydrogen (secondary N) is 3. The summed E-state index contributed by atoms with van der Waals surface area (Å²) in [5.41, 5.74) is 1.09. The SMILES string of the molecule is C=C1C(NCCCS)N[C@@H](C)C(=O)CN[C@H]1CCSC. The molecule has 3 atom stereocenters. The van der Waals surface area contributed by atoms with Crippen LogP contribution in [0.25, 0.3) is 0 Å². The molecule has 3 N–H and O–H groups in total. The lowest BCUT2D eigenvalue weighted by Gasteiger charge is -2.33. The van der Waals surface area contributed by atoms with Crippen molar-refractivity contribution in [3.8, 4) is 0 Å². The average Bonchev–Trinajstić information content (AvgIpc) is 2.44. The lowest BCUT2D eigenvalue weighted by atomic mass is 9.99. The second kappa shape index (κ2) is 9.84. The Balaban J connectivity index is 2.68. The highest BCUT2D eigenvalue weighted by Gasteiger charge is 2.27. The predicted octanol–water partition coefficient (Wildman–Crippen LogP) is 1.05. The van der Waals surface area contributed by atoms with Crippen LogP contribution in [0.3, 0.4) is 0 Å². The zero-order valence-electron chi connectivity index (χ0n) is 12.4. The minimum Gasteiger partial charge on any atom is -0.303 e. The van der Waals surface area contributed by atoms with Crippen LogP contribution in [-0.4, -0.2) is 54.9 Å². The van der Waals surface area contributed by atoms with Crippen LogP contribution in [0.2, 0.25) is 0 Å². The number of carbonyl (C=O) groups excluding carboxylic acids is 1. The third kappa shape index (κ3) is 5.77. The van der Waals surface area contributed by atoms with Crippen LogP contribution < -0.4 is 16.0 Å². The molecule has 1 rings (SSSR count). The molecule has 0 aromatic carbocycles. The molecule has 1 aliphatic heterocycles. The van der Waals surface area contributed by atoms with E-state index in [4.69, 9.17) is 0 Å². The van der Waals surface area contributed by atoms with E-state index >= 15 is 0 Å². The minimum absolute atomic E-state index is 0.0199. The first kappa shape index (κ1) is 18.0. The maximum atomic E-state index is 12.0. The zero-order chi connectivity index (χ0) is 15.0. The van der Waals surface area contributed by atoms with Crippen LogP contribution in [0.1, 0.15) is 19.8 Å². The first-order valence-corrected chi connectivity index (χ1v) is 9.16. The van der Waals surface area contributed by atoms with Crippen molar-refractivity contribution in [1.29, 1.82) is 0 Å². The second-order valence-electron chi connectivity index (χ2n) is 5.11. The van der Waals surface area contributed by atoms with E-state index in [2.05, 4.69) is 41.4 Å². The van der Waals surface area contributed by atoms with Gasteiger partial charge in [0.05, 0.1) is 18.8 Å². The van der Waals surface area contributed by atoms with E-state index in [1.165, 1.54) is 0 Å². The maximum absolute atomic E-state index is 12.0. The van der Waals surface area contributed by atoms with Crippen LogP contribution in [0.4, 0.5) is 0 Å². The van der Waals surface area contributed by atoms with Gasteiger partial charge in [0.15, 0.2) is 5.78 Å². The van der Waals surface area contributed by atoms with Gasteiger partial charge in [-0.3, -0.25) is 15.4 Å². The van der Waals surface area contributed by atoms with Gasteiger partial charge in [-0.15, -0.1) is 0 Å². The minimum atomic E-state index is -0.158. The number of ketones is 1. The highest BCUT2D eigenvalue weighted by Crippen LogP contribution is 2.13. The molecule has 0 radical (unpaired) electrons. The summed E-state index contributed by atoms with van der Waals surface area (Å²) in [6, 6.07) is 0.0224. The molecular weight excluding hydrogens is 290 g/mol. The number of thiol groups is 1. The van der Waals surface area contributed by atoms with Gasteiger partial charge in [0.25, 0.3) is 0 Å². The average molecular weight is 318 g/mol. The van der Waals surface area contributed by atoms with Crippen LogP contribution in [-0.2, 0) is 4.79 Å². The molecular formula is C14H27N3OS2. The lowest BCUT2D eigenvalue weighted by molar-refractivity contribution is -0.120. The van der Waals surface area contributed by atoms with E-state index in [1.54, 1.807) is 0 Å². The Morgan fingerprint density at radius 3 is 2.95 bits per heavy atom. The highest BCUT2D eigenvalue weighted by molar-refractivity contribution is 7.98. The first-order valence-electron chi connectivity index (χ1n) is 7.14. The topological polar surface area (TPSA) is 53.2 Å². The molecule has 1 heterocycles. The number of hydrogen-bond acceptors (Lipinski definition) is 6. The van der Waals surface area contributed by atoms with Gasteiger partial charge in [-0.2, -0.15) is 24.4 Å². The molecule has 6 heteroatoms. The molecule has 0 bridgehead atoms. The highest BCUT2D eigenvalue weighted by atomic mass is 32.2. The van der Waals surface area contributed by atoms with Crippen LogP contribution in [0.5, 0.6) is 0 Å². The summed E-state index contributed by atoms with van der Waals surface area (Å²) in [4.78, 5) is 12.0. The predicted molar refractivity (Wildman–Crippen MR) is 91.8 cm³/mol. The Labute approximate surface area is 132 Å². The Kier molecular flexibility index (Phi) is 8.88. The van der Waals surface area contributed by atoms with E-state index < -0.39 is 0 Å². The molecule has 1 aliphatic rings. The zero-order valence-corrected chi connectivity index (χ0v) is 14.2. The maximum Gasteiger partial charge on any atom is 0.163 e. The van der Waals surface area contributed by atoms with Crippen molar-refractivity contribution in [2.24, 2.45) is 0 Å². The number of rotatable bonds is 7. The van der Waals surface area contributed by atoms with Gasteiger partial charge >= 0.3 is 0 Å². The van der Waals surface area contributed by atoms with E-state index in [1.807, 2.05) is 18.7 Å². The summed E-state index contributed by atoms with van der Waals surface area (Å²) >= 11 is 6.04. The molecule has 20 heavy (non-hydrogen) atoms. The molecule has 0 aliphatic carbocycles. The van der Waals surface area contributed by atoms with Crippen molar-refractivity contribution in [1.82, 2.24) is 16.0 Å². The van der Waals surface area contributed by atoms with Crippen molar-refractivity contribution >= 4 is 30.2 Å². The molecule has 0 spiro atoms. The fraction of sp³-hybridized carbons (Fsp3) is 0.786. The molecule has 0 aromatic heterocycles. The summed E-state index contributed by atoms with van der Waals surface area (Å²) < 4.78 is 0. The second-order valence-corrected chi connectivity index (χ2v) is 6.54. The van der Waals surface area contributed by atoms with E-state index in [0.29, 0.717) is 6.54 Å². The monoisotopic (exact) mass is 317 g/mol. The van der Waals surface area contributed by atoms with Gasteiger partial charge in [0.1, 0.15) is 0 Å². The van der Waals surface area contributed by atoms with Crippen LogP contribution in [0.15, 0.2) is 12.2 Å². The molecule has 1 unspecified atom stereocenters. The lowest BCUT2D eigenvalue weighted by Crippen LogP contribution is -2.58. The number of Topliss-reactive ketones (excluding diaryl/α,β-unsaturated/α-hetero) is 1. The standard InChI is InChI=1S/C14H27N3OS2/c1-10-12(5-8-20-3)16-9-13(18)11(2)17-14(10)15-6-4-7-19/h11-12,14-17,19H,1,4-9H2,2-3H3/t11-,12-,14?/m0/s1. The van der Waals surface area contributed by atoms with Crippen LogP contribution in [0, 0.1) is 0 Å². The summed E-state index contributed by atoms with van der Waals surface area (Å²) in [5, 5.41) is 10.1. The Bertz CT molecular complexity index is 326. The molecule has 4 nitrogen and oxygen atoms in total. The quantitative estimate of drug-likeness (QED) is 0.321. The van der Waals surface area contributed by atoms with Crippen molar-refractivity contribution < 1.29 is 4.79 Å². The fourth-order valence-electron chi connectivity index (χ4n) is 2.20. The van der Waals surface area contributed by atoms with E-state index in [9.17, 15) is 4.79 Å². The van der Waals surface area contributed by atoms with Gasteiger partial charge in [0, 0.05) is 6.04 Å². The Hall–Kier alpha value is -0.0100. The molecule has 1 saturated heterocycles. The molecule has 0 aromatic rings. The third-order valence-corrected chi connectivity index (χ3v) is 4.49. The van der Waals surface area contributed by atoms with Gasteiger partial charge in [-0.05, 0) is 49.6 Å². The molecule has 1 fully saturated rings. The summed E-state index contributed by atoms with van der Waals surface area (Å²) in [6.07, 6.45) is 4.07. The van der Waals surface area contributed by atoms with Gasteiger partial charge in [-0.25, -0.2) is 0 Å². The van der Waals surface area contributed by atoms with Crippen molar-refractivity contribution in [2.45, 2.75) is 38.0 Å². The normalized spacial score (nSPS) is 28.2. The number of hydrogen-bond donors (Lipinski definition) is 4. The van der Waals surface area contributed by atoms with Crippen molar-refractivity contribution in [3.63, 3.8) is 0 Å². The molecule has 116 valence electrons. The van der Waals surface area contributed by atoms with E-state index in [0.717, 1.165) is 36.5 Å².